The Balaban J connectivity index is 1.80. The monoisotopic (exact) mass is 278 g/mol. The van der Waals surface area contributed by atoms with Crippen molar-refractivity contribution in [3.05, 3.63) is 29.3 Å². The van der Waals surface area contributed by atoms with E-state index >= 15 is 0 Å². The third kappa shape index (κ3) is 4.22. The molecule has 3 nitrogen and oxygen atoms in total. The number of likely N-dealkylation sites (tertiary alicyclic amines) is 1. The van der Waals surface area contributed by atoms with Crippen LogP contribution in [0.2, 0.25) is 0 Å². The molecule has 1 aromatic carbocycles. The normalized spacial score (nSPS) is 24.4. The van der Waals surface area contributed by atoms with Crippen LogP contribution in [-0.2, 0) is 0 Å². The molecular formula is C17H28NO2+. The summed E-state index contributed by atoms with van der Waals surface area (Å²) in [6.07, 6.45) is 2.23. The molecule has 3 atom stereocenters. The van der Waals surface area contributed by atoms with Crippen LogP contribution in [-0.4, -0.2) is 37.5 Å². The summed E-state index contributed by atoms with van der Waals surface area (Å²) >= 11 is 0. The lowest BCUT2D eigenvalue weighted by Crippen LogP contribution is -3.14. The lowest BCUT2D eigenvalue weighted by molar-refractivity contribution is -0.911. The van der Waals surface area contributed by atoms with Gasteiger partial charge in [-0.25, -0.2) is 0 Å². The molecule has 20 heavy (non-hydrogen) atoms. The molecule has 112 valence electrons. The Kier molecular flexibility index (Phi) is 5.44. The molecule has 1 aliphatic heterocycles. The predicted molar refractivity (Wildman–Crippen MR) is 81.4 cm³/mol. The summed E-state index contributed by atoms with van der Waals surface area (Å²) in [7, 11) is 0. The number of benzene rings is 1. The molecule has 1 saturated heterocycles. The molecule has 0 aliphatic carbocycles. The highest BCUT2D eigenvalue weighted by Crippen LogP contribution is 2.20. The SMILES string of the molecule is Cc1cccc(OC[C@H](O)C[NH+]2CCC[C@H](C)C2)c1C. The molecule has 0 radical (unpaired) electrons. The zero-order valence-corrected chi connectivity index (χ0v) is 13.0. The first kappa shape index (κ1) is 15.3. The molecule has 2 N–H and O–H groups in total. The van der Waals surface area contributed by atoms with Crippen molar-refractivity contribution >= 4 is 0 Å². The number of hydrogen-bond donors (Lipinski definition) is 2. The Morgan fingerprint density at radius 1 is 1.40 bits per heavy atom. The number of aryl methyl sites for hydroxylation is 1. The second-order valence-corrected chi connectivity index (χ2v) is 6.32. The maximum atomic E-state index is 10.2. The highest BCUT2D eigenvalue weighted by molar-refractivity contribution is 5.38. The molecule has 1 heterocycles. The van der Waals surface area contributed by atoms with Crippen LogP contribution in [0, 0.1) is 19.8 Å². The number of piperidine rings is 1. The van der Waals surface area contributed by atoms with E-state index in [0.717, 1.165) is 18.2 Å². The van der Waals surface area contributed by atoms with Crippen molar-refractivity contribution in [3.63, 3.8) is 0 Å². The van der Waals surface area contributed by atoms with Crippen LogP contribution in [0.5, 0.6) is 5.75 Å². The van der Waals surface area contributed by atoms with Gasteiger partial charge in [-0.3, -0.25) is 0 Å². The average molecular weight is 278 g/mol. The van der Waals surface area contributed by atoms with Crippen molar-refractivity contribution in [3.8, 4) is 5.75 Å². The molecule has 1 aromatic rings. The second-order valence-electron chi connectivity index (χ2n) is 6.32. The molecule has 0 saturated carbocycles. The van der Waals surface area contributed by atoms with E-state index in [9.17, 15) is 5.11 Å². The summed E-state index contributed by atoms with van der Waals surface area (Å²) in [6, 6.07) is 6.06. The zero-order valence-electron chi connectivity index (χ0n) is 13.0. The number of hydrogen-bond acceptors (Lipinski definition) is 2. The van der Waals surface area contributed by atoms with E-state index in [2.05, 4.69) is 26.8 Å². The summed E-state index contributed by atoms with van der Waals surface area (Å²) in [5, 5.41) is 10.2. The van der Waals surface area contributed by atoms with Gasteiger partial charge in [0.05, 0.1) is 13.1 Å². The summed E-state index contributed by atoms with van der Waals surface area (Å²) in [5.41, 5.74) is 2.39. The van der Waals surface area contributed by atoms with Gasteiger partial charge in [0.2, 0.25) is 0 Å². The Morgan fingerprint density at radius 2 is 2.20 bits per heavy atom. The molecule has 3 heteroatoms. The topological polar surface area (TPSA) is 33.9 Å². The van der Waals surface area contributed by atoms with E-state index in [1.54, 1.807) is 0 Å². The van der Waals surface area contributed by atoms with E-state index in [4.69, 9.17) is 4.74 Å². The van der Waals surface area contributed by atoms with Gasteiger partial charge in [0.15, 0.2) is 0 Å². The van der Waals surface area contributed by atoms with Crippen LogP contribution >= 0.6 is 0 Å². The third-order valence-corrected chi connectivity index (χ3v) is 4.37. The zero-order chi connectivity index (χ0) is 14.5. The second kappa shape index (κ2) is 7.09. The number of aliphatic hydroxyl groups is 1. The Hall–Kier alpha value is -1.06. The smallest absolute Gasteiger partial charge is 0.137 e. The van der Waals surface area contributed by atoms with Crippen LogP contribution in [0.4, 0.5) is 0 Å². The summed E-state index contributed by atoms with van der Waals surface area (Å²) in [5.74, 6) is 1.68. The van der Waals surface area contributed by atoms with Crippen LogP contribution < -0.4 is 9.64 Å². The van der Waals surface area contributed by atoms with E-state index < -0.39 is 0 Å². The highest BCUT2D eigenvalue weighted by Gasteiger charge is 2.22. The fourth-order valence-corrected chi connectivity index (χ4v) is 3.04. The fraction of sp³-hybridized carbons (Fsp3) is 0.647. The number of quaternary nitrogens is 1. The Labute approximate surface area is 122 Å². The van der Waals surface area contributed by atoms with Crippen molar-refractivity contribution in [2.75, 3.05) is 26.2 Å². The van der Waals surface area contributed by atoms with E-state index in [1.807, 2.05) is 12.1 Å². The van der Waals surface area contributed by atoms with Crippen molar-refractivity contribution in [2.24, 2.45) is 5.92 Å². The maximum Gasteiger partial charge on any atom is 0.137 e. The van der Waals surface area contributed by atoms with Gasteiger partial charge in [0.25, 0.3) is 0 Å². The molecule has 0 amide bonds. The molecule has 1 unspecified atom stereocenters. The predicted octanol–water partition coefficient (Wildman–Crippen LogP) is 1.36. The number of rotatable bonds is 5. The van der Waals surface area contributed by atoms with Crippen molar-refractivity contribution in [1.82, 2.24) is 0 Å². The summed E-state index contributed by atoms with van der Waals surface area (Å²) < 4.78 is 5.78. The first-order valence-corrected chi connectivity index (χ1v) is 7.77. The van der Waals surface area contributed by atoms with Gasteiger partial charge in [-0.05, 0) is 43.9 Å². The molecule has 0 aromatic heterocycles. The maximum absolute atomic E-state index is 10.2. The molecule has 0 bridgehead atoms. The van der Waals surface area contributed by atoms with Crippen molar-refractivity contribution < 1.29 is 14.7 Å². The average Bonchev–Trinajstić information content (AvgIpc) is 2.40. The van der Waals surface area contributed by atoms with Crippen LogP contribution in [0.1, 0.15) is 30.9 Å². The third-order valence-electron chi connectivity index (χ3n) is 4.37. The first-order chi connectivity index (χ1) is 9.56. The van der Waals surface area contributed by atoms with Crippen LogP contribution in [0.25, 0.3) is 0 Å². The van der Waals surface area contributed by atoms with Crippen molar-refractivity contribution in [1.29, 1.82) is 0 Å². The van der Waals surface area contributed by atoms with E-state index in [0.29, 0.717) is 6.61 Å². The van der Waals surface area contributed by atoms with Gasteiger partial charge in [0, 0.05) is 5.92 Å². The van der Waals surface area contributed by atoms with Crippen LogP contribution in [0.3, 0.4) is 0 Å². The minimum absolute atomic E-state index is 0.379. The van der Waals surface area contributed by atoms with Gasteiger partial charge in [0.1, 0.15) is 25.0 Å². The standard InChI is InChI=1S/C17H27NO2/c1-13-6-5-9-18(10-13)11-16(19)12-20-17-8-4-7-14(2)15(17)3/h4,7-8,13,16,19H,5-6,9-12H2,1-3H3/p+1/t13-,16+/m0/s1. The van der Waals surface area contributed by atoms with E-state index in [-0.39, 0.29) is 6.10 Å². The summed E-state index contributed by atoms with van der Waals surface area (Å²) in [4.78, 5) is 1.51. The minimum Gasteiger partial charge on any atom is -0.490 e. The Morgan fingerprint density at radius 3 is 2.95 bits per heavy atom. The van der Waals surface area contributed by atoms with Crippen molar-refractivity contribution in [2.45, 2.75) is 39.7 Å². The van der Waals surface area contributed by atoms with Gasteiger partial charge >= 0.3 is 0 Å². The minimum atomic E-state index is -0.379. The molecule has 0 spiro atoms. The lowest BCUT2D eigenvalue weighted by Gasteiger charge is -2.29. The number of ether oxygens (including phenoxy) is 1. The number of aliphatic hydroxyl groups excluding tert-OH is 1. The van der Waals surface area contributed by atoms with Crippen LogP contribution in [0.15, 0.2) is 18.2 Å². The Bertz CT molecular complexity index is 433. The first-order valence-electron chi connectivity index (χ1n) is 7.77. The summed E-state index contributed by atoms with van der Waals surface area (Å²) in [6.45, 7) is 10.0. The fourth-order valence-electron chi connectivity index (χ4n) is 3.04. The largest absolute Gasteiger partial charge is 0.490 e. The van der Waals surface area contributed by atoms with Gasteiger partial charge < -0.3 is 14.7 Å². The molecule has 1 fully saturated rings. The van der Waals surface area contributed by atoms with E-state index in [1.165, 1.54) is 42.0 Å². The molecule has 1 aliphatic rings. The number of nitrogens with one attached hydrogen (secondary N) is 1. The molecule has 2 rings (SSSR count). The highest BCUT2D eigenvalue weighted by atomic mass is 16.5. The quantitative estimate of drug-likeness (QED) is 0.853. The van der Waals surface area contributed by atoms with Gasteiger partial charge in [-0.15, -0.1) is 0 Å². The van der Waals surface area contributed by atoms with Gasteiger partial charge in [-0.1, -0.05) is 19.1 Å². The molecular weight excluding hydrogens is 250 g/mol. The lowest BCUT2D eigenvalue weighted by atomic mass is 10.0. The van der Waals surface area contributed by atoms with Gasteiger partial charge in [-0.2, -0.15) is 0 Å².